The maximum atomic E-state index is 12.9. The highest BCUT2D eigenvalue weighted by Gasteiger charge is 2.28. The summed E-state index contributed by atoms with van der Waals surface area (Å²) in [5.41, 5.74) is 1.77. The van der Waals surface area contributed by atoms with E-state index >= 15 is 0 Å². The molecule has 2 aliphatic rings. The molecule has 1 N–H and O–H groups in total. The quantitative estimate of drug-likeness (QED) is 0.587. The normalized spacial score (nSPS) is 17.8. The van der Waals surface area contributed by atoms with Crippen LogP contribution in [0.3, 0.4) is 0 Å². The van der Waals surface area contributed by atoms with Crippen LogP contribution in [0, 0.1) is 0 Å². The van der Waals surface area contributed by atoms with E-state index in [9.17, 15) is 18.0 Å². The molecule has 2 aromatic carbocycles. The third-order valence-electron chi connectivity index (χ3n) is 5.35. The number of amides is 1. The molecule has 0 saturated carbocycles. The van der Waals surface area contributed by atoms with E-state index in [0.29, 0.717) is 50.5 Å². The summed E-state index contributed by atoms with van der Waals surface area (Å²) in [6, 6.07) is 10.9. The van der Waals surface area contributed by atoms with Gasteiger partial charge in [-0.05, 0) is 55.4 Å². The van der Waals surface area contributed by atoms with Crippen LogP contribution in [0.25, 0.3) is 0 Å². The van der Waals surface area contributed by atoms with E-state index in [4.69, 9.17) is 4.74 Å². The lowest BCUT2D eigenvalue weighted by Crippen LogP contribution is -2.47. The summed E-state index contributed by atoms with van der Waals surface area (Å²) in [4.78, 5) is 26.2. The average Bonchev–Trinajstić information content (AvgIpc) is 2.74. The summed E-state index contributed by atoms with van der Waals surface area (Å²) in [6.07, 6.45) is 0.960. The van der Waals surface area contributed by atoms with Crippen molar-refractivity contribution in [3.63, 3.8) is 0 Å². The molecule has 2 aliphatic heterocycles. The van der Waals surface area contributed by atoms with Crippen molar-refractivity contribution in [2.45, 2.75) is 17.7 Å². The van der Waals surface area contributed by atoms with Crippen LogP contribution >= 0.6 is 0 Å². The number of fused-ring (bicyclic) bond motifs is 1. The lowest BCUT2D eigenvalue weighted by molar-refractivity contribution is -0.116. The molecule has 2 heterocycles. The van der Waals surface area contributed by atoms with Crippen molar-refractivity contribution in [1.82, 2.24) is 9.21 Å². The number of ether oxygens (including phenoxy) is 1. The summed E-state index contributed by atoms with van der Waals surface area (Å²) in [5, 5.41) is 2.78. The molecule has 1 saturated heterocycles. The van der Waals surface area contributed by atoms with Crippen LogP contribution in [-0.2, 0) is 21.2 Å². The van der Waals surface area contributed by atoms with E-state index in [2.05, 4.69) is 10.2 Å². The van der Waals surface area contributed by atoms with Gasteiger partial charge in [-0.1, -0.05) is 6.07 Å². The first kappa shape index (κ1) is 20.5. The Morgan fingerprint density at radius 2 is 1.80 bits per heavy atom. The minimum absolute atomic E-state index is 0.0365. The second kappa shape index (κ2) is 8.17. The molecule has 8 nitrogen and oxygen atoms in total. The van der Waals surface area contributed by atoms with Crippen LogP contribution in [0.5, 0.6) is 5.75 Å². The predicted octanol–water partition coefficient (Wildman–Crippen LogP) is 1.73. The van der Waals surface area contributed by atoms with Gasteiger partial charge >= 0.3 is 5.97 Å². The largest absolute Gasteiger partial charge is 0.423 e. The molecule has 1 fully saturated rings. The fourth-order valence-corrected chi connectivity index (χ4v) is 5.02. The molecule has 0 radical (unpaired) electrons. The van der Waals surface area contributed by atoms with Gasteiger partial charge in [-0.2, -0.15) is 4.31 Å². The number of esters is 1. The third kappa shape index (κ3) is 4.23. The smallest absolute Gasteiger partial charge is 0.343 e. The first-order valence-electron chi connectivity index (χ1n) is 9.77. The maximum absolute atomic E-state index is 12.9. The molecule has 9 heteroatoms. The highest BCUT2D eigenvalue weighted by atomic mass is 32.2. The molecule has 0 atom stereocenters. The highest BCUT2D eigenvalue weighted by Crippen LogP contribution is 2.27. The molecular formula is C21H23N3O5S. The number of carbonyl (C=O) groups excluding carboxylic acids is 2. The van der Waals surface area contributed by atoms with Crippen molar-refractivity contribution in [2.75, 3.05) is 38.5 Å². The zero-order valence-corrected chi connectivity index (χ0v) is 17.4. The Balaban J connectivity index is 1.51. The Hall–Kier alpha value is -2.75. The monoisotopic (exact) mass is 429 g/mol. The summed E-state index contributed by atoms with van der Waals surface area (Å²) < 4.78 is 32.8. The Morgan fingerprint density at radius 3 is 2.57 bits per heavy atom. The van der Waals surface area contributed by atoms with E-state index in [1.54, 1.807) is 24.3 Å². The summed E-state index contributed by atoms with van der Waals surface area (Å²) in [7, 11) is -1.72. The van der Waals surface area contributed by atoms with Crippen molar-refractivity contribution in [3.05, 3.63) is 53.6 Å². The summed E-state index contributed by atoms with van der Waals surface area (Å²) in [6.45, 7) is 2.16. The SMILES string of the molecule is CN1CCN(S(=O)(=O)c2cccc(C(=O)Oc3ccc4c(c3)CCC(=O)N4)c2)CC1. The number of likely N-dealkylation sites (N-methyl/N-ethyl adjacent to an activating group) is 1. The van der Waals surface area contributed by atoms with Crippen molar-refractivity contribution >= 4 is 27.6 Å². The van der Waals surface area contributed by atoms with Gasteiger partial charge in [0, 0.05) is 38.3 Å². The van der Waals surface area contributed by atoms with E-state index in [0.717, 1.165) is 5.56 Å². The van der Waals surface area contributed by atoms with Crippen LogP contribution < -0.4 is 10.1 Å². The maximum Gasteiger partial charge on any atom is 0.343 e. The van der Waals surface area contributed by atoms with Crippen molar-refractivity contribution in [2.24, 2.45) is 0 Å². The number of hydrogen-bond acceptors (Lipinski definition) is 6. The van der Waals surface area contributed by atoms with Gasteiger partial charge < -0.3 is 15.0 Å². The summed E-state index contributed by atoms with van der Waals surface area (Å²) in [5.74, 6) is -0.321. The molecular weight excluding hydrogens is 406 g/mol. The molecule has 1 amide bonds. The van der Waals surface area contributed by atoms with Gasteiger partial charge in [0.05, 0.1) is 10.5 Å². The molecule has 0 unspecified atom stereocenters. The number of nitrogens with one attached hydrogen (secondary N) is 1. The van der Waals surface area contributed by atoms with E-state index < -0.39 is 16.0 Å². The third-order valence-corrected chi connectivity index (χ3v) is 7.25. The first-order chi connectivity index (χ1) is 14.3. The standard InChI is InChI=1S/C21H23N3O5S/c1-23-9-11-24(12-10-23)30(27,28)18-4-2-3-16(14-18)21(26)29-17-6-7-19-15(13-17)5-8-20(25)22-19/h2-4,6-7,13-14H,5,8-12H2,1H3,(H,22,25). The number of sulfonamides is 1. The number of benzene rings is 2. The molecule has 158 valence electrons. The lowest BCUT2D eigenvalue weighted by atomic mass is 10.0. The van der Waals surface area contributed by atoms with Gasteiger partial charge in [0.25, 0.3) is 0 Å². The number of rotatable bonds is 4. The van der Waals surface area contributed by atoms with Crippen LogP contribution in [-0.4, -0.2) is 62.7 Å². The fourth-order valence-electron chi connectivity index (χ4n) is 3.55. The highest BCUT2D eigenvalue weighted by molar-refractivity contribution is 7.89. The topological polar surface area (TPSA) is 96.0 Å². The minimum Gasteiger partial charge on any atom is -0.423 e. The van der Waals surface area contributed by atoms with Crippen molar-refractivity contribution < 1.29 is 22.7 Å². The lowest BCUT2D eigenvalue weighted by Gasteiger charge is -2.31. The zero-order chi connectivity index (χ0) is 21.3. The van der Waals surface area contributed by atoms with Crippen molar-refractivity contribution in [3.8, 4) is 5.75 Å². The molecule has 0 aliphatic carbocycles. The second-order valence-corrected chi connectivity index (χ2v) is 9.43. The van der Waals surface area contributed by atoms with Gasteiger partial charge in [0.15, 0.2) is 0 Å². The first-order valence-corrected chi connectivity index (χ1v) is 11.2. The van der Waals surface area contributed by atoms with Crippen LogP contribution in [0.15, 0.2) is 47.4 Å². The van der Waals surface area contributed by atoms with E-state index in [1.807, 2.05) is 7.05 Å². The molecule has 0 spiro atoms. The van der Waals surface area contributed by atoms with Gasteiger partial charge in [0.1, 0.15) is 5.75 Å². The zero-order valence-electron chi connectivity index (χ0n) is 16.6. The Bertz CT molecular complexity index is 1090. The molecule has 4 rings (SSSR count). The van der Waals surface area contributed by atoms with Crippen LogP contribution in [0.1, 0.15) is 22.3 Å². The summed E-state index contributed by atoms with van der Waals surface area (Å²) >= 11 is 0. The predicted molar refractivity (Wildman–Crippen MR) is 111 cm³/mol. The number of hydrogen-bond donors (Lipinski definition) is 1. The Labute approximate surface area is 175 Å². The second-order valence-electron chi connectivity index (χ2n) is 7.49. The fraction of sp³-hybridized carbons (Fsp3) is 0.333. The number of nitrogens with zero attached hydrogens (tertiary/aromatic N) is 2. The van der Waals surface area contributed by atoms with Gasteiger partial charge in [0.2, 0.25) is 15.9 Å². The molecule has 0 aromatic heterocycles. The van der Waals surface area contributed by atoms with Gasteiger partial charge in [-0.25, -0.2) is 13.2 Å². The van der Waals surface area contributed by atoms with E-state index in [1.165, 1.54) is 22.5 Å². The number of anilines is 1. The van der Waals surface area contributed by atoms with Gasteiger partial charge in [-0.3, -0.25) is 4.79 Å². The van der Waals surface area contributed by atoms with E-state index in [-0.39, 0.29) is 16.4 Å². The number of carbonyl (C=O) groups is 2. The molecule has 30 heavy (non-hydrogen) atoms. The number of aryl methyl sites for hydroxylation is 1. The Morgan fingerprint density at radius 1 is 1.03 bits per heavy atom. The van der Waals surface area contributed by atoms with Crippen LogP contribution in [0.2, 0.25) is 0 Å². The van der Waals surface area contributed by atoms with Gasteiger partial charge in [-0.15, -0.1) is 0 Å². The Kier molecular flexibility index (Phi) is 5.59. The van der Waals surface area contributed by atoms with Crippen LogP contribution in [0.4, 0.5) is 5.69 Å². The minimum atomic E-state index is -3.67. The van der Waals surface area contributed by atoms with Crippen molar-refractivity contribution in [1.29, 1.82) is 0 Å². The number of piperazine rings is 1. The molecule has 2 aromatic rings. The average molecular weight is 429 g/mol. The molecule has 0 bridgehead atoms.